The lowest BCUT2D eigenvalue weighted by molar-refractivity contribution is -0.135. The molecule has 1 fully saturated rings. The zero-order valence-electron chi connectivity index (χ0n) is 17.4. The quantitative estimate of drug-likeness (QED) is 0.594. The molecule has 7 nitrogen and oxygen atoms in total. The second-order valence-corrected chi connectivity index (χ2v) is 7.51. The monoisotopic (exact) mass is 409 g/mol. The summed E-state index contributed by atoms with van der Waals surface area (Å²) in [4.78, 5) is 21.3. The van der Waals surface area contributed by atoms with Gasteiger partial charge in [0.15, 0.2) is 5.58 Å². The number of amides is 1. The summed E-state index contributed by atoms with van der Waals surface area (Å²) in [6.45, 7) is 2.53. The number of piperidine rings is 1. The largest absolute Gasteiger partial charge is 0.497 e. The van der Waals surface area contributed by atoms with Crippen LogP contribution < -0.4 is 14.4 Å². The maximum atomic E-state index is 12.8. The van der Waals surface area contributed by atoms with Crippen LogP contribution in [0.2, 0.25) is 0 Å². The van der Waals surface area contributed by atoms with E-state index in [0.717, 1.165) is 48.5 Å². The summed E-state index contributed by atoms with van der Waals surface area (Å²) in [6.07, 6.45) is 1.59. The Labute approximate surface area is 176 Å². The van der Waals surface area contributed by atoms with Crippen LogP contribution in [0.1, 0.15) is 12.8 Å². The van der Waals surface area contributed by atoms with E-state index in [0.29, 0.717) is 19.2 Å². The first-order valence-corrected chi connectivity index (χ1v) is 10.3. The molecule has 0 radical (unpaired) electrons. The second kappa shape index (κ2) is 9.07. The maximum absolute atomic E-state index is 12.8. The number of anilines is 1. The van der Waals surface area contributed by atoms with Gasteiger partial charge in [-0.3, -0.25) is 4.79 Å². The van der Waals surface area contributed by atoms with Crippen molar-refractivity contribution in [1.29, 1.82) is 0 Å². The van der Waals surface area contributed by atoms with Crippen LogP contribution in [0.3, 0.4) is 0 Å². The zero-order valence-corrected chi connectivity index (χ0v) is 17.4. The lowest BCUT2D eigenvalue weighted by Crippen LogP contribution is -2.42. The summed E-state index contributed by atoms with van der Waals surface area (Å²) >= 11 is 0. The fraction of sp³-hybridized carbons (Fsp3) is 0.391. The van der Waals surface area contributed by atoms with Crippen molar-refractivity contribution in [3.05, 3.63) is 48.5 Å². The highest BCUT2D eigenvalue weighted by molar-refractivity contribution is 5.79. The van der Waals surface area contributed by atoms with Crippen LogP contribution >= 0.6 is 0 Å². The van der Waals surface area contributed by atoms with Gasteiger partial charge in [0.2, 0.25) is 5.91 Å². The number of hydrogen-bond donors (Lipinski definition) is 0. The van der Waals surface area contributed by atoms with Gasteiger partial charge in [-0.15, -0.1) is 0 Å². The molecule has 4 rings (SSSR count). The number of carbonyl (C=O) groups excluding carboxylic acids is 1. The number of aromatic nitrogens is 1. The molecule has 3 aromatic rings. The fourth-order valence-corrected chi connectivity index (χ4v) is 3.71. The molecule has 1 saturated heterocycles. The molecule has 158 valence electrons. The SMILES string of the molecule is COc1ccc(OCCN(C)C(=O)C2CCN(c3nc4ccccc4o3)CC2)cc1. The molecule has 0 spiro atoms. The van der Waals surface area contributed by atoms with Gasteiger partial charge in [0.1, 0.15) is 23.6 Å². The highest BCUT2D eigenvalue weighted by Gasteiger charge is 2.29. The van der Waals surface area contributed by atoms with E-state index >= 15 is 0 Å². The molecular formula is C23H27N3O4. The van der Waals surface area contributed by atoms with Crippen molar-refractivity contribution in [3.63, 3.8) is 0 Å². The standard InChI is InChI=1S/C23H27N3O4/c1-25(15-16-29-19-9-7-18(28-2)8-10-19)22(27)17-11-13-26(14-12-17)23-24-20-5-3-4-6-21(20)30-23/h3-10,17H,11-16H2,1-2H3. The van der Waals surface area contributed by atoms with Gasteiger partial charge in [0.05, 0.1) is 13.7 Å². The molecule has 0 saturated carbocycles. The Kier molecular flexibility index (Phi) is 6.07. The van der Waals surface area contributed by atoms with Crippen LogP contribution in [-0.2, 0) is 4.79 Å². The smallest absolute Gasteiger partial charge is 0.298 e. The summed E-state index contributed by atoms with van der Waals surface area (Å²) in [5.41, 5.74) is 1.66. The molecule has 2 heterocycles. The Hall–Kier alpha value is -3.22. The van der Waals surface area contributed by atoms with Crippen molar-refractivity contribution in [1.82, 2.24) is 9.88 Å². The number of rotatable bonds is 7. The molecule has 0 aliphatic carbocycles. The summed E-state index contributed by atoms with van der Waals surface area (Å²) in [5.74, 6) is 1.75. The molecule has 1 aromatic heterocycles. The van der Waals surface area contributed by atoms with Gasteiger partial charge < -0.3 is 23.7 Å². The number of oxazole rings is 1. The first-order valence-electron chi connectivity index (χ1n) is 10.3. The second-order valence-electron chi connectivity index (χ2n) is 7.51. The number of hydrogen-bond acceptors (Lipinski definition) is 6. The maximum Gasteiger partial charge on any atom is 0.298 e. The van der Waals surface area contributed by atoms with E-state index in [4.69, 9.17) is 13.9 Å². The molecule has 0 bridgehead atoms. The van der Waals surface area contributed by atoms with Gasteiger partial charge in [0.25, 0.3) is 6.01 Å². The van der Waals surface area contributed by atoms with E-state index in [1.54, 1.807) is 12.0 Å². The third-order valence-corrected chi connectivity index (χ3v) is 5.53. The third-order valence-electron chi connectivity index (χ3n) is 5.53. The Morgan fingerprint density at radius 2 is 1.83 bits per heavy atom. The molecule has 0 unspecified atom stereocenters. The third kappa shape index (κ3) is 4.50. The minimum atomic E-state index is 0.0246. The van der Waals surface area contributed by atoms with Crippen LogP contribution in [0.25, 0.3) is 11.1 Å². The number of ether oxygens (including phenoxy) is 2. The van der Waals surface area contributed by atoms with Crippen LogP contribution in [0.4, 0.5) is 6.01 Å². The van der Waals surface area contributed by atoms with E-state index in [2.05, 4.69) is 9.88 Å². The number of benzene rings is 2. The first kappa shape index (κ1) is 20.1. The molecule has 1 aliphatic heterocycles. The minimum absolute atomic E-state index is 0.0246. The molecule has 0 atom stereocenters. The Morgan fingerprint density at radius 3 is 2.53 bits per heavy atom. The Morgan fingerprint density at radius 1 is 1.13 bits per heavy atom. The number of likely N-dealkylation sites (N-methyl/N-ethyl adjacent to an activating group) is 1. The number of methoxy groups -OCH3 is 1. The molecule has 1 aliphatic rings. The minimum Gasteiger partial charge on any atom is -0.497 e. The molecule has 30 heavy (non-hydrogen) atoms. The van der Waals surface area contributed by atoms with Crippen molar-refractivity contribution in [2.45, 2.75) is 12.8 Å². The van der Waals surface area contributed by atoms with Crippen molar-refractivity contribution in [2.24, 2.45) is 5.92 Å². The predicted molar refractivity (Wildman–Crippen MR) is 115 cm³/mol. The zero-order chi connectivity index (χ0) is 20.9. The highest BCUT2D eigenvalue weighted by atomic mass is 16.5. The molecular weight excluding hydrogens is 382 g/mol. The molecule has 1 amide bonds. The molecule has 2 aromatic carbocycles. The molecule has 0 N–H and O–H groups in total. The van der Waals surface area contributed by atoms with Gasteiger partial charge in [-0.2, -0.15) is 4.98 Å². The first-order chi connectivity index (χ1) is 14.6. The van der Waals surface area contributed by atoms with Gasteiger partial charge in [-0.25, -0.2) is 0 Å². The topological polar surface area (TPSA) is 68.0 Å². The van der Waals surface area contributed by atoms with Gasteiger partial charge in [-0.1, -0.05) is 12.1 Å². The van der Waals surface area contributed by atoms with E-state index in [1.807, 2.05) is 55.6 Å². The van der Waals surface area contributed by atoms with Crippen LogP contribution in [0.15, 0.2) is 52.9 Å². The summed E-state index contributed by atoms with van der Waals surface area (Å²) in [6, 6.07) is 15.8. The van der Waals surface area contributed by atoms with Crippen molar-refractivity contribution in [2.75, 3.05) is 45.3 Å². The summed E-state index contributed by atoms with van der Waals surface area (Å²) in [5, 5.41) is 0. The number of para-hydroxylation sites is 2. The van der Waals surface area contributed by atoms with Crippen LogP contribution in [0.5, 0.6) is 11.5 Å². The number of nitrogens with zero attached hydrogens (tertiary/aromatic N) is 3. The van der Waals surface area contributed by atoms with Gasteiger partial charge in [0, 0.05) is 26.1 Å². The van der Waals surface area contributed by atoms with Gasteiger partial charge in [-0.05, 0) is 49.2 Å². The Balaban J connectivity index is 1.24. The number of carbonyl (C=O) groups is 1. The summed E-state index contributed by atoms with van der Waals surface area (Å²) < 4.78 is 16.7. The van der Waals surface area contributed by atoms with Gasteiger partial charge >= 0.3 is 0 Å². The van der Waals surface area contributed by atoms with E-state index < -0.39 is 0 Å². The van der Waals surface area contributed by atoms with E-state index in [9.17, 15) is 4.79 Å². The van der Waals surface area contributed by atoms with E-state index in [-0.39, 0.29) is 11.8 Å². The van der Waals surface area contributed by atoms with Crippen molar-refractivity contribution in [3.8, 4) is 11.5 Å². The van der Waals surface area contributed by atoms with Crippen molar-refractivity contribution >= 4 is 23.0 Å². The lowest BCUT2D eigenvalue weighted by Gasteiger charge is -2.32. The normalized spacial score (nSPS) is 14.7. The van der Waals surface area contributed by atoms with E-state index in [1.165, 1.54) is 0 Å². The fourth-order valence-electron chi connectivity index (χ4n) is 3.71. The van der Waals surface area contributed by atoms with Crippen LogP contribution in [-0.4, -0.2) is 56.2 Å². The predicted octanol–water partition coefficient (Wildman–Crippen LogP) is 3.59. The summed E-state index contributed by atoms with van der Waals surface area (Å²) in [7, 11) is 3.47. The van der Waals surface area contributed by atoms with Crippen LogP contribution in [0, 0.1) is 5.92 Å². The number of fused-ring (bicyclic) bond motifs is 1. The molecule has 7 heteroatoms. The average Bonchev–Trinajstić information content (AvgIpc) is 3.23. The lowest BCUT2D eigenvalue weighted by atomic mass is 9.95. The van der Waals surface area contributed by atoms with Crippen molar-refractivity contribution < 1.29 is 18.7 Å². The average molecular weight is 409 g/mol. The Bertz CT molecular complexity index is 945. The highest BCUT2D eigenvalue weighted by Crippen LogP contribution is 2.27.